The van der Waals surface area contributed by atoms with Crippen LogP contribution in [0.3, 0.4) is 0 Å². The van der Waals surface area contributed by atoms with Gasteiger partial charge in [-0.2, -0.15) is 10.1 Å². The highest BCUT2D eigenvalue weighted by molar-refractivity contribution is 5.96. The molecule has 31 heavy (non-hydrogen) atoms. The highest BCUT2D eigenvalue weighted by Gasteiger charge is 2.36. The van der Waals surface area contributed by atoms with Crippen molar-refractivity contribution in [3.63, 3.8) is 0 Å². The minimum atomic E-state index is -0.283. The van der Waals surface area contributed by atoms with Crippen molar-refractivity contribution in [2.75, 3.05) is 31.5 Å². The van der Waals surface area contributed by atoms with Crippen LogP contribution < -0.4 is 5.32 Å². The second-order valence-corrected chi connectivity index (χ2v) is 8.06. The Hall–Kier alpha value is -3.45. The molecule has 1 N–H and O–H groups in total. The van der Waals surface area contributed by atoms with Crippen molar-refractivity contribution in [2.24, 2.45) is 0 Å². The number of carbonyl (C=O) groups excluding carboxylic acids is 1. The number of nitrogens with zero attached hydrogens (tertiary/aromatic N) is 5. The Morgan fingerprint density at radius 2 is 1.68 bits per heavy atom. The zero-order chi connectivity index (χ0) is 21.2. The number of benzene rings is 2. The van der Waals surface area contributed by atoms with Crippen LogP contribution >= 0.6 is 0 Å². The molecule has 0 spiro atoms. The normalized spacial score (nSPS) is 19.1. The summed E-state index contributed by atoms with van der Waals surface area (Å²) in [5.74, 6) is 0.731. The lowest BCUT2D eigenvalue weighted by Gasteiger charge is -2.37. The molecule has 2 aliphatic rings. The van der Waals surface area contributed by atoms with E-state index in [4.69, 9.17) is 0 Å². The Morgan fingerprint density at radius 1 is 1.00 bits per heavy atom. The average molecular weight is 415 g/mol. The van der Waals surface area contributed by atoms with Crippen molar-refractivity contribution < 1.29 is 4.79 Å². The third kappa shape index (κ3) is 3.84. The van der Waals surface area contributed by atoms with Gasteiger partial charge in [-0.05, 0) is 18.1 Å². The SMILES string of the molecule is CC1=C(C(=O)N2CCN(Cc3ccccc3)CC2)[C@H](c2ccccc2)n2ncnc2N1. The van der Waals surface area contributed by atoms with E-state index in [0.717, 1.165) is 36.5 Å². The van der Waals surface area contributed by atoms with Gasteiger partial charge in [0.15, 0.2) is 0 Å². The molecule has 7 nitrogen and oxygen atoms in total. The van der Waals surface area contributed by atoms with Crippen LogP contribution in [0.15, 0.2) is 78.3 Å². The number of nitrogens with one attached hydrogen (secondary N) is 1. The van der Waals surface area contributed by atoms with E-state index in [2.05, 4.69) is 44.6 Å². The number of amides is 1. The van der Waals surface area contributed by atoms with E-state index in [1.165, 1.54) is 11.9 Å². The molecule has 158 valence electrons. The zero-order valence-electron chi connectivity index (χ0n) is 17.6. The van der Waals surface area contributed by atoms with Crippen LogP contribution in [0.4, 0.5) is 5.95 Å². The van der Waals surface area contributed by atoms with E-state index >= 15 is 0 Å². The summed E-state index contributed by atoms with van der Waals surface area (Å²) in [4.78, 5) is 22.4. The molecule has 0 aliphatic carbocycles. The van der Waals surface area contributed by atoms with Gasteiger partial charge in [-0.15, -0.1) is 0 Å². The van der Waals surface area contributed by atoms with Crippen molar-refractivity contribution in [1.82, 2.24) is 24.6 Å². The minimum Gasteiger partial charge on any atom is -0.336 e. The maximum atomic E-state index is 13.7. The monoisotopic (exact) mass is 414 g/mol. The highest BCUT2D eigenvalue weighted by atomic mass is 16.2. The number of anilines is 1. The lowest BCUT2D eigenvalue weighted by molar-refractivity contribution is -0.129. The second kappa shape index (κ2) is 8.35. The lowest BCUT2D eigenvalue weighted by Crippen LogP contribution is -2.50. The third-order valence-electron chi connectivity index (χ3n) is 6.05. The van der Waals surface area contributed by atoms with Crippen LogP contribution in [0.2, 0.25) is 0 Å². The number of fused-ring (bicyclic) bond motifs is 1. The molecule has 1 amide bonds. The van der Waals surface area contributed by atoms with Gasteiger partial charge in [-0.3, -0.25) is 9.69 Å². The first-order valence-corrected chi connectivity index (χ1v) is 10.7. The summed E-state index contributed by atoms with van der Waals surface area (Å²) in [6.07, 6.45) is 1.53. The summed E-state index contributed by atoms with van der Waals surface area (Å²) >= 11 is 0. The maximum absolute atomic E-state index is 13.7. The van der Waals surface area contributed by atoms with Gasteiger partial charge in [0.25, 0.3) is 5.91 Å². The summed E-state index contributed by atoms with van der Waals surface area (Å²) < 4.78 is 1.81. The van der Waals surface area contributed by atoms with Crippen LogP contribution in [0.5, 0.6) is 0 Å². The van der Waals surface area contributed by atoms with Crippen LogP contribution in [-0.2, 0) is 11.3 Å². The molecular formula is C24H26N6O. The molecule has 0 unspecified atom stereocenters. The molecule has 0 radical (unpaired) electrons. The topological polar surface area (TPSA) is 66.3 Å². The molecule has 0 bridgehead atoms. The first-order chi connectivity index (χ1) is 15.2. The smallest absolute Gasteiger partial charge is 0.254 e. The third-order valence-corrected chi connectivity index (χ3v) is 6.05. The van der Waals surface area contributed by atoms with Gasteiger partial charge in [0.05, 0.1) is 5.57 Å². The number of hydrogen-bond acceptors (Lipinski definition) is 5. The van der Waals surface area contributed by atoms with Crippen LogP contribution in [-0.4, -0.2) is 56.7 Å². The Labute approximate surface area is 182 Å². The number of piperazine rings is 1. The van der Waals surface area contributed by atoms with E-state index in [-0.39, 0.29) is 11.9 Å². The van der Waals surface area contributed by atoms with Crippen LogP contribution in [0.25, 0.3) is 0 Å². The molecule has 1 aromatic heterocycles. The largest absolute Gasteiger partial charge is 0.336 e. The predicted octanol–water partition coefficient (Wildman–Crippen LogP) is 2.91. The van der Waals surface area contributed by atoms with Crippen molar-refractivity contribution in [1.29, 1.82) is 0 Å². The number of allylic oxidation sites excluding steroid dienone is 1. The van der Waals surface area contributed by atoms with E-state index in [1.807, 2.05) is 48.2 Å². The van der Waals surface area contributed by atoms with Crippen molar-refractivity contribution in [3.05, 3.63) is 89.4 Å². The van der Waals surface area contributed by atoms with Gasteiger partial charge in [-0.25, -0.2) is 4.68 Å². The Morgan fingerprint density at radius 3 is 2.39 bits per heavy atom. The second-order valence-electron chi connectivity index (χ2n) is 8.06. The summed E-state index contributed by atoms with van der Waals surface area (Å²) in [5, 5.41) is 7.68. The quantitative estimate of drug-likeness (QED) is 0.711. The van der Waals surface area contributed by atoms with E-state index in [0.29, 0.717) is 19.0 Å². The lowest BCUT2D eigenvalue weighted by atomic mass is 9.94. The molecule has 1 saturated heterocycles. The molecule has 1 atom stereocenters. The average Bonchev–Trinajstić information content (AvgIpc) is 3.27. The van der Waals surface area contributed by atoms with E-state index in [1.54, 1.807) is 4.68 Å². The highest BCUT2D eigenvalue weighted by Crippen LogP contribution is 2.35. The van der Waals surface area contributed by atoms with E-state index in [9.17, 15) is 4.79 Å². The Balaban J connectivity index is 1.35. The van der Waals surface area contributed by atoms with Crippen molar-refractivity contribution in [3.8, 4) is 0 Å². The zero-order valence-corrected chi connectivity index (χ0v) is 17.6. The standard InChI is InChI=1S/C24H26N6O/c1-18-21(22(20-10-6-3-7-11-20)30-24(27-18)25-17-26-30)23(31)29-14-12-28(13-15-29)16-19-8-4-2-5-9-19/h2-11,17,22H,12-16H2,1H3,(H,25,26,27)/t22-/m0/s1. The van der Waals surface area contributed by atoms with Crippen LogP contribution in [0.1, 0.15) is 24.1 Å². The van der Waals surface area contributed by atoms with Crippen molar-refractivity contribution in [2.45, 2.75) is 19.5 Å². The Bertz CT molecular complexity index is 1080. The summed E-state index contributed by atoms with van der Waals surface area (Å²) in [6.45, 7) is 6.03. The molecule has 0 saturated carbocycles. The fourth-order valence-electron chi connectivity index (χ4n) is 4.43. The van der Waals surface area contributed by atoms with Gasteiger partial charge in [0.2, 0.25) is 5.95 Å². The molecule has 1 fully saturated rings. The fraction of sp³-hybridized carbons (Fsp3) is 0.292. The number of rotatable bonds is 4. The maximum Gasteiger partial charge on any atom is 0.254 e. The fourth-order valence-corrected chi connectivity index (χ4v) is 4.43. The molecule has 7 heteroatoms. The summed E-state index contributed by atoms with van der Waals surface area (Å²) in [7, 11) is 0. The molecule has 3 aromatic rings. The molecule has 3 heterocycles. The molecule has 2 aliphatic heterocycles. The van der Waals surface area contributed by atoms with Gasteiger partial charge in [-0.1, -0.05) is 60.7 Å². The molecule has 5 rings (SSSR count). The minimum absolute atomic E-state index is 0.0689. The van der Waals surface area contributed by atoms with Gasteiger partial charge in [0, 0.05) is 38.4 Å². The van der Waals surface area contributed by atoms with Crippen molar-refractivity contribution >= 4 is 11.9 Å². The Kier molecular flexibility index (Phi) is 5.26. The molecule has 2 aromatic carbocycles. The van der Waals surface area contributed by atoms with Gasteiger partial charge < -0.3 is 10.2 Å². The van der Waals surface area contributed by atoms with Crippen LogP contribution in [0, 0.1) is 0 Å². The van der Waals surface area contributed by atoms with Gasteiger partial charge >= 0.3 is 0 Å². The first kappa shape index (κ1) is 19.5. The summed E-state index contributed by atoms with van der Waals surface area (Å²) in [5.41, 5.74) is 3.91. The number of aromatic nitrogens is 3. The van der Waals surface area contributed by atoms with E-state index < -0.39 is 0 Å². The first-order valence-electron chi connectivity index (χ1n) is 10.7. The number of carbonyl (C=O) groups is 1. The summed E-state index contributed by atoms with van der Waals surface area (Å²) in [6, 6.07) is 20.3. The van der Waals surface area contributed by atoms with Gasteiger partial charge in [0.1, 0.15) is 12.4 Å². The predicted molar refractivity (Wildman–Crippen MR) is 119 cm³/mol. The molecular weight excluding hydrogens is 388 g/mol. The number of hydrogen-bond donors (Lipinski definition) is 1.